The van der Waals surface area contributed by atoms with E-state index in [9.17, 15) is 0 Å². The Kier molecular flexibility index (Phi) is 4.48. The van der Waals surface area contributed by atoms with Gasteiger partial charge in [-0.05, 0) is 50.1 Å². The molecule has 1 heterocycles. The lowest BCUT2D eigenvalue weighted by molar-refractivity contribution is 0.285. The monoisotopic (exact) mass is 376 g/mol. The number of thiophene rings is 1. The Morgan fingerprint density at radius 2 is 2.12 bits per heavy atom. The molecule has 0 saturated carbocycles. The lowest BCUT2D eigenvalue weighted by atomic mass is 10.3. The zero-order valence-corrected chi connectivity index (χ0v) is 13.1. The Morgan fingerprint density at radius 3 is 2.76 bits per heavy atom. The topological polar surface area (TPSA) is 18.5 Å². The van der Waals surface area contributed by atoms with Crippen LogP contribution in [0.1, 0.15) is 4.88 Å². The minimum atomic E-state index is 0.537. The van der Waals surface area contributed by atoms with Crippen LogP contribution in [0.25, 0.3) is 0 Å². The molecule has 2 rings (SSSR count). The van der Waals surface area contributed by atoms with Gasteiger partial charge in [0.05, 0.1) is 11.6 Å². The average molecular weight is 378 g/mol. The highest BCUT2D eigenvalue weighted by Gasteiger charge is 2.09. The molecule has 1 aromatic carbocycles. The van der Waals surface area contributed by atoms with Crippen LogP contribution in [-0.2, 0) is 6.61 Å². The number of halogens is 2. The van der Waals surface area contributed by atoms with Crippen molar-refractivity contribution in [3.63, 3.8) is 0 Å². The molecule has 1 aromatic heterocycles. The number of methoxy groups -OCH3 is 1. The van der Waals surface area contributed by atoms with Crippen LogP contribution in [0.15, 0.2) is 38.6 Å². The van der Waals surface area contributed by atoms with Gasteiger partial charge in [-0.15, -0.1) is 11.3 Å². The summed E-state index contributed by atoms with van der Waals surface area (Å²) in [5.41, 5.74) is 0. The van der Waals surface area contributed by atoms with Gasteiger partial charge in [0.25, 0.3) is 0 Å². The third-order valence-electron chi connectivity index (χ3n) is 2.13. The molecule has 0 radical (unpaired) electrons. The molecule has 0 unspecified atom stereocenters. The van der Waals surface area contributed by atoms with Gasteiger partial charge in [0.15, 0.2) is 11.5 Å². The summed E-state index contributed by atoms with van der Waals surface area (Å²) in [5.74, 6) is 1.47. The highest BCUT2D eigenvalue weighted by molar-refractivity contribution is 9.10. The molecule has 0 aliphatic carbocycles. The van der Waals surface area contributed by atoms with Crippen molar-refractivity contribution in [2.45, 2.75) is 6.61 Å². The number of ether oxygens (including phenoxy) is 2. The van der Waals surface area contributed by atoms with Gasteiger partial charge in [-0.3, -0.25) is 0 Å². The molecule has 0 fully saturated rings. The Bertz CT molecular complexity index is 511. The second-order valence-electron chi connectivity index (χ2n) is 3.29. The van der Waals surface area contributed by atoms with Crippen molar-refractivity contribution in [3.8, 4) is 11.5 Å². The molecule has 0 atom stereocenters. The van der Waals surface area contributed by atoms with Crippen LogP contribution in [0, 0.1) is 0 Å². The minimum Gasteiger partial charge on any atom is -0.493 e. The fourth-order valence-corrected chi connectivity index (χ4v) is 3.19. The lowest BCUT2D eigenvalue weighted by Crippen LogP contribution is -1.96. The maximum Gasteiger partial charge on any atom is 0.175 e. The molecule has 0 aliphatic rings. The molecule has 2 nitrogen and oxygen atoms in total. The zero-order chi connectivity index (χ0) is 12.3. The van der Waals surface area contributed by atoms with Gasteiger partial charge in [0, 0.05) is 14.7 Å². The first-order valence-corrected chi connectivity index (χ1v) is 7.35. The molecule has 0 bridgehead atoms. The largest absolute Gasteiger partial charge is 0.493 e. The van der Waals surface area contributed by atoms with Crippen LogP contribution >= 0.6 is 43.2 Å². The van der Waals surface area contributed by atoms with Crippen molar-refractivity contribution in [2.75, 3.05) is 7.11 Å². The summed E-state index contributed by atoms with van der Waals surface area (Å²) in [6.07, 6.45) is 0. The molecule has 0 N–H and O–H groups in total. The van der Waals surface area contributed by atoms with Crippen LogP contribution in [0.4, 0.5) is 0 Å². The van der Waals surface area contributed by atoms with E-state index in [0.717, 1.165) is 25.3 Å². The summed E-state index contributed by atoms with van der Waals surface area (Å²) in [7, 11) is 1.64. The Morgan fingerprint density at radius 1 is 1.29 bits per heavy atom. The molecule has 0 aliphatic heterocycles. The molecular formula is C12H10Br2O2S. The van der Waals surface area contributed by atoms with Crippen LogP contribution in [0.3, 0.4) is 0 Å². The number of para-hydroxylation sites is 1. The third kappa shape index (κ3) is 3.24. The van der Waals surface area contributed by atoms with E-state index in [1.807, 2.05) is 29.6 Å². The van der Waals surface area contributed by atoms with Gasteiger partial charge < -0.3 is 9.47 Å². The maximum atomic E-state index is 5.78. The lowest BCUT2D eigenvalue weighted by Gasteiger charge is -2.11. The molecule has 2 aromatic rings. The quantitative estimate of drug-likeness (QED) is 0.757. The molecule has 0 spiro atoms. The van der Waals surface area contributed by atoms with Crippen molar-refractivity contribution >= 4 is 43.2 Å². The van der Waals surface area contributed by atoms with E-state index < -0.39 is 0 Å². The van der Waals surface area contributed by atoms with Crippen molar-refractivity contribution in [1.82, 2.24) is 0 Å². The van der Waals surface area contributed by atoms with E-state index in [2.05, 4.69) is 31.9 Å². The maximum absolute atomic E-state index is 5.78. The van der Waals surface area contributed by atoms with Crippen molar-refractivity contribution in [3.05, 3.63) is 43.5 Å². The van der Waals surface area contributed by atoms with Crippen LogP contribution in [0.2, 0.25) is 0 Å². The second kappa shape index (κ2) is 5.89. The van der Waals surface area contributed by atoms with E-state index in [1.165, 1.54) is 0 Å². The predicted molar refractivity (Wildman–Crippen MR) is 77.0 cm³/mol. The summed E-state index contributed by atoms with van der Waals surface area (Å²) < 4.78 is 13.0. The zero-order valence-electron chi connectivity index (χ0n) is 9.07. The van der Waals surface area contributed by atoms with Gasteiger partial charge in [0.2, 0.25) is 0 Å². The standard InChI is InChI=1S/C12H10Br2O2S/c1-15-11-4-2-3-10(14)12(11)16-6-9-5-8(13)7-17-9/h2-5,7H,6H2,1H3. The first-order valence-electron chi connectivity index (χ1n) is 4.89. The van der Waals surface area contributed by atoms with E-state index in [1.54, 1.807) is 18.4 Å². The van der Waals surface area contributed by atoms with Crippen molar-refractivity contribution in [1.29, 1.82) is 0 Å². The molecular weight excluding hydrogens is 368 g/mol. The van der Waals surface area contributed by atoms with Crippen LogP contribution in [0.5, 0.6) is 11.5 Å². The fraction of sp³-hybridized carbons (Fsp3) is 0.167. The van der Waals surface area contributed by atoms with Gasteiger partial charge in [-0.25, -0.2) is 0 Å². The average Bonchev–Trinajstić information content (AvgIpc) is 2.73. The molecule has 0 saturated heterocycles. The smallest absolute Gasteiger partial charge is 0.175 e. The second-order valence-corrected chi connectivity index (χ2v) is 6.06. The fourth-order valence-electron chi connectivity index (χ4n) is 1.36. The summed E-state index contributed by atoms with van der Waals surface area (Å²) in [6.45, 7) is 0.537. The Balaban J connectivity index is 2.13. The highest BCUT2D eigenvalue weighted by atomic mass is 79.9. The SMILES string of the molecule is COc1cccc(Br)c1OCc1cc(Br)cs1. The van der Waals surface area contributed by atoms with E-state index >= 15 is 0 Å². The normalized spacial score (nSPS) is 10.3. The Labute approximate surface area is 121 Å². The number of rotatable bonds is 4. The van der Waals surface area contributed by atoms with Crippen molar-refractivity contribution in [2.24, 2.45) is 0 Å². The van der Waals surface area contributed by atoms with E-state index in [4.69, 9.17) is 9.47 Å². The number of hydrogen-bond donors (Lipinski definition) is 0. The van der Waals surface area contributed by atoms with Gasteiger partial charge in [-0.2, -0.15) is 0 Å². The molecule has 0 amide bonds. The Hall–Kier alpha value is -0.520. The van der Waals surface area contributed by atoms with Gasteiger partial charge in [-0.1, -0.05) is 6.07 Å². The van der Waals surface area contributed by atoms with E-state index in [-0.39, 0.29) is 0 Å². The molecule has 90 valence electrons. The predicted octanol–water partition coefficient (Wildman–Crippen LogP) is 4.86. The summed E-state index contributed by atoms with van der Waals surface area (Å²) in [6, 6.07) is 7.78. The van der Waals surface area contributed by atoms with Crippen LogP contribution < -0.4 is 9.47 Å². The van der Waals surface area contributed by atoms with Crippen molar-refractivity contribution < 1.29 is 9.47 Å². The van der Waals surface area contributed by atoms with Gasteiger partial charge >= 0.3 is 0 Å². The number of hydrogen-bond acceptors (Lipinski definition) is 3. The minimum absolute atomic E-state index is 0.537. The first kappa shape index (κ1) is 12.9. The van der Waals surface area contributed by atoms with E-state index in [0.29, 0.717) is 6.61 Å². The van der Waals surface area contributed by atoms with Crippen LogP contribution in [-0.4, -0.2) is 7.11 Å². The third-order valence-corrected chi connectivity index (χ3v) is 4.43. The number of benzene rings is 1. The highest BCUT2D eigenvalue weighted by Crippen LogP contribution is 2.35. The molecule has 5 heteroatoms. The van der Waals surface area contributed by atoms with Gasteiger partial charge in [0.1, 0.15) is 6.61 Å². The summed E-state index contributed by atoms with van der Waals surface area (Å²) in [5, 5.41) is 2.04. The molecule has 17 heavy (non-hydrogen) atoms. The first-order chi connectivity index (χ1) is 8.20. The summed E-state index contributed by atoms with van der Waals surface area (Å²) in [4.78, 5) is 1.16. The summed E-state index contributed by atoms with van der Waals surface area (Å²) >= 11 is 8.54.